The minimum Gasteiger partial charge on any atom is -0.466 e. The normalized spacial score (nSPS) is 32.3. The minimum absolute atomic E-state index is 0.106. The predicted octanol–water partition coefficient (Wildman–Crippen LogP) is 3.32. The van der Waals surface area contributed by atoms with Crippen LogP contribution in [0.2, 0.25) is 0 Å². The highest BCUT2D eigenvalue weighted by Gasteiger charge is 2.71. The fourth-order valence-corrected chi connectivity index (χ4v) is 6.95. The van der Waals surface area contributed by atoms with E-state index in [9.17, 15) is 19.2 Å². The van der Waals surface area contributed by atoms with E-state index < -0.39 is 65.4 Å². The molecule has 0 amide bonds. The first-order valence-corrected chi connectivity index (χ1v) is 17.9. The second kappa shape index (κ2) is 17.6. The maximum absolute atomic E-state index is 13.8. The first-order chi connectivity index (χ1) is 23.2. The number of unbranched alkanes of at least 4 members (excludes halogenated alkanes) is 2. The molecule has 0 aromatic carbocycles. The third kappa shape index (κ3) is 11.1. The summed E-state index contributed by atoms with van der Waals surface area (Å²) in [7, 11) is 1.64. The molecule has 4 aliphatic heterocycles. The lowest BCUT2D eigenvalue weighted by molar-refractivity contribution is -0.168. The van der Waals surface area contributed by atoms with E-state index in [4.69, 9.17) is 42.6 Å². The van der Waals surface area contributed by atoms with Crippen LogP contribution >= 0.6 is 0 Å². The Morgan fingerprint density at radius 3 is 2.00 bits per heavy atom. The Bertz CT molecular complexity index is 1090. The first kappa shape index (κ1) is 36.9. The molecule has 0 spiro atoms. The van der Waals surface area contributed by atoms with E-state index in [-0.39, 0.29) is 51.0 Å². The summed E-state index contributed by atoms with van der Waals surface area (Å²) in [5.74, 6) is -5.48. The van der Waals surface area contributed by atoms with Crippen LogP contribution in [-0.4, -0.2) is 113 Å². The number of esters is 4. The summed E-state index contributed by atoms with van der Waals surface area (Å²) in [6.07, 6.45) is 6.21. The number of hydrogen-bond donors (Lipinski definition) is 0. The zero-order valence-electron chi connectivity index (χ0n) is 28.7. The van der Waals surface area contributed by atoms with Crippen molar-refractivity contribution < 1.29 is 61.8 Å². The fraction of sp³-hybridized carbons (Fsp3) is 0.886. The predicted molar refractivity (Wildman–Crippen MR) is 168 cm³/mol. The molecule has 0 N–H and O–H groups in total. The van der Waals surface area contributed by atoms with Gasteiger partial charge in [0.1, 0.15) is 11.5 Å². The molecule has 9 unspecified atom stereocenters. The van der Waals surface area contributed by atoms with E-state index in [0.717, 1.165) is 45.3 Å². The Morgan fingerprint density at radius 2 is 1.35 bits per heavy atom. The van der Waals surface area contributed by atoms with Gasteiger partial charge in [0.2, 0.25) is 0 Å². The minimum atomic E-state index is -1.07. The van der Waals surface area contributed by atoms with E-state index in [1.165, 1.54) is 0 Å². The lowest BCUT2D eigenvalue weighted by atomic mass is 9.64. The smallest absolute Gasteiger partial charge is 0.312 e. The van der Waals surface area contributed by atoms with Crippen molar-refractivity contribution in [3.05, 3.63) is 0 Å². The van der Waals surface area contributed by atoms with Crippen LogP contribution in [0.4, 0.5) is 0 Å². The lowest BCUT2D eigenvalue weighted by Crippen LogP contribution is -2.50. The van der Waals surface area contributed by atoms with Gasteiger partial charge in [-0.15, -0.1) is 0 Å². The largest absolute Gasteiger partial charge is 0.466 e. The molecule has 13 heteroatoms. The van der Waals surface area contributed by atoms with Crippen molar-refractivity contribution in [3.8, 4) is 0 Å². The first-order valence-electron chi connectivity index (χ1n) is 17.9. The topological polar surface area (TPSA) is 165 Å². The van der Waals surface area contributed by atoms with E-state index in [1.54, 1.807) is 14.0 Å². The summed E-state index contributed by atoms with van der Waals surface area (Å²) in [6, 6.07) is 0. The number of rotatable bonds is 24. The van der Waals surface area contributed by atoms with Gasteiger partial charge in [-0.2, -0.15) is 0 Å². The maximum atomic E-state index is 13.8. The second-order valence-corrected chi connectivity index (χ2v) is 14.1. The molecule has 0 radical (unpaired) electrons. The quantitative estimate of drug-likeness (QED) is 0.0631. The molecule has 5 rings (SSSR count). The molecule has 1 aliphatic carbocycles. The average molecular weight is 683 g/mol. The van der Waals surface area contributed by atoms with Crippen molar-refractivity contribution in [2.75, 3.05) is 53.4 Å². The molecule has 4 saturated heterocycles. The molecular formula is C35H54O13. The number of epoxide rings is 4. The summed E-state index contributed by atoms with van der Waals surface area (Å²) in [4.78, 5) is 54.2. The third-order valence-electron chi connectivity index (χ3n) is 10.1. The molecule has 48 heavy (non-hydrogen) atoms. The van der Waals surface area contributed by atoms with Crippen molar-refractivity contribution in [3.63, 3.8) is 0 Å². The summed E-state index contributed by atoms with van der Waals surface area (Å²) in [5, 5.41) is 0. The Labute approximate surface area is 283 Å². The number of carbonyl (C=O) groups is 4. The molecule has 10 atom stereocenters. The van der Waals surface area contributed by atoms with Crippen LogP contribution < -0.4 is 0 Å². The number of methoxy groups -OCH3 is 1. The zero-order chi connectivity index (χ0) is 34.1. The van der Waals surface area contributed by atoms with Gasteiger partial charge in [0, 0.05) is 19.6 Å². The van der Waals surface area contributed by atoms with Gasteiger partial charge in [0.15, 0.2) is 0 Å². The van der Waals surface area contributed by atoms with E-state index in [1.807, 2.05) is 6.92 Å². The molecule has 0 bridgehead atoms. The standard InChI is InChI=1S/C35H54O13/c1-22(11-12-25-21-46-25)47-33(38)27(18-29(36)41-15-7-9-23-19-44-23)26-17-28(32(37)42-14-6-4-5-13-40-3)30(35(2)31(26)48-35)34(39)43-16-8-10-24-20-45-24/h22-28,30-31H,4-21H2,1-3H3/t22-,23?,24?,25?,26?,27?,28?,30?,31?,35?/m0/s1. The van der Waals surface area contributed by atoms with Crippen LogP contribution in [0.15, 0.2) is 0 Å². The molecule has 272 valence electrons. The molecule has 5 fully saturated rings. The SMILES string of the molecule is COCCCCCOC(=O)C1CC(C(CC(=O)OCCCC2CO2)C(=O)O[C@@H](C)CCC2CO2)C2OC2(C)C1C(=O)OCCCC1CO1. The van der Waals surface area contributed by atoms with Crippen LogP contribution in [0.25, 0.3) is 0 Å². The molecule has 0 aromatic rings. The second-order valence-electron chi connectivity index (χ2n) is 14.1. The van der Waals surface area contributed by atoms with E-state index in [0.29, 0.717) is 38.9 Å². The summed E-state index contributed by atoms with van der Waals surface area (Å²) < 4.78 is 49.9. The maximum Gasteiger partial charge on any atom is 0.312 e. The van der Waals surface area contributed by atoms with Gasteiger partial charge in [0.25, 0.3) is 0 Å². The highest BCUT2D eigenvalue weighted by atomic mass is 16.6. The van der Waals surface area contributed by atoms with Crippen LogP contribution in [0, 0.1) is 23.7 Å². The molecule has 4 heterocycles. The van der Waals surface area contributed by atoms with E-state index in [2.05, 4.69) is 0 Å². The van der Waals surface area contributed by atoms with E-state index >= 15 is 0 Å². The van der Waals surface area contributed by atoms with Crippen LogP contribution in [-0.2, 0) is 61.8 Å². The summed E-state index contributed by atoms with van der Waals surface area (Å²) in [5.41, 5.74) is -1.07. The van der Waals surface area contributed by atoms with Gasteiger partial charge in [-0.25, -0.2) is 0 Å². The van der Waals surface area contributed by atoms with Gasteiger partial charge >= 0.3 is 23.9 Å². The Kier molecular flexibility index (Phi) is 13.5. The molecular weight excluding hydrogens is 628 g/mol. The molecule has 1 saturated carbocycles. The van der Waals surface area contributed by atoms with Crippen molar-refractivity contribution in [1.29, 1.82) is 0 Å². The Hall–Kier alpha value is -2.32. The monoisotopic (exact) mass is 682 g/mol. The van der Waals surface area contributed by atoms with Crippen molar-refractivity contribution >= 4 is 23.9 Å². The zero-order valence-corrected chi connectivity index (χ0v) is 28.7. The number of carbonyl (C=O) groups excluding carboxylic acids is 4. The van der Waals surface area contributed by atoms with Crippen LogP contribution in [0.1, 0.15) is 84.5 Å². The fourth-order valence-electron chi connectivity index (χ4n) is 6.95. The van der Waals surface area contributed by atoms with Gasteiger partial charge in [-0.1, -0.05) is 0 Å². The van der Waals surface area contributed by atoms with Crippen LogP contribution in [0.5, 0.6) is 0 Å². The van der Waals surface area contributed by atoms with Gasteiger partial charge in [0.05, 0.1) is 88.4 Å². The highest BCUT2D eigenvalue weighted by Crippen LogP contribution is 2.58. The number of fused-ring (bicyclic) bond motifs is 1. The van der Waals surface area contributed by atoms with Gasteiger partial charge < -0.3 is 42.6 Å². The molecule has 13 nitrogen and oxygen atoms in total. The van der Waals surface area contributed by atoms with Crippen molar-refractivity contribution in [2.45, 2.75) is 121 Å². The van der Waals surface area contributed by atoms with Gasteiger partial charge in [-0.3, -0.25) is 19.2 Å². The summed E-state index contributed by atoms with van der Waals surface area (Å²) in [6.45, 7) is 7.02. The van der Waals surface area contributed by atoms with Crippen LogP contribution in [0.3, 0.4) is 0 Å². The Balaban J connectivity index is 1.27. The van der Waals surface area contributed by atoms with Crippen molar-refractivity contribution in [1.82, 2.24) is 0 Å². The average Bonchev–Trinajstić information content (AvgIpc) is 3.87. The highest BCUT2D eigenvalue weighted by molar-refractivity contribution is 5.85. The number of hydrogen-bond acceptors (Lipinski definition) is 13. The number of ether oxygens (including phenoxy) is 9. The lowest BCUT2D eigenvalue weighted by Gasteiger charge is -2.37. The molecule has 0 aromatic heterocycles. The van der Waals surface area contributed by atoms with Gasteiger partial charge in [-0.05, 0) is 78.1 Å². The third-order valence-corrected chi connectivity index (χ3v) is 10.1. The Morgan fingerprint density at radius 1 is 0.771 bits per heavy atom. The van der Waals surface area contributed by atoms with Crippen molar-refractivity contribution in [2.24, 2.45) is 23.7 Å². The molecule has 5 aliphatic rings. The summed E-state index contributed by atoms with van der Waals surface area (Å²) >= 11 is 0.